The first-order chi connectivity index (χ1) is 12.2. The molecule has 1 aromatic heterocycles. The summed E-state index contributed by atoms with van der Waals surface area (Å²) in [6.07, 6.45) is 3.27. The minimum Gasteiger partial charge on any atom is -0.363 e. The zero-order chi connectivity index (χ0) is 19.2. The molecule has 1 aliphatic rings. The highest BCUT2D eigenvalue weighted by atomic mass is 127. The van der Waals surface area contributed by atoms with Crippen molar-refractivity contribution in [3.8, 4) is 0 Å². The average Bonchev–Trinajstić information content (AvgIpc) is 3.06. The lowest BCUT2D eigenvalue weighted by Crippen LogP contribution is -2.50. The van der Waals surface area contributed by atoms with Crippen LogP contribution in [0.15, 0.2) is 22.5 Å². The number of sulfonamides is 1. The lowest BCUT2D eigenvalue weighted by Gasteiger charge is -2.33. The van der Waals surface area contributed by atoms with Gasteiger partial charge >= 0.3 is 0 Å². The Bertz CT molecular complexity index is 684. The molecule has 7 nitrogen and oxygen atoms in total. The minimum absolute atomic E-state index is 0. The molecule has 0 bridgehead atoms. The Balaban J connectivity index is 0.00000364. The van der Waals surface area contributed by atoms with E-state index in [1.807, 2.05) is 20.8 Å². The molecule has 1 fully saturated rings. The molecule has 0 amide bonds. The molecular weight excluding hydrogens is 497 g/mol. The van der Waals surface area contributed by atoms with Crippen LogP contribution in [0.3, 0.4) is 0 Å². The highest BCUT2D eigenvalue weighted by Gasteiger charge is 2.23. The van der Waals surface area contributed by atoms with E-state index in [0.717, 1.165) is 38.4 Å². The van der Waals surface area contributed by atoms with Gasteiger partial charge in [0.15, 0.2) is 5.96 Å². The number of thiophene rings is 1. The van der Waals surface area contributed by atoms with Crippen molar-refractivity contribution in [2.24, 2.45) is 4.99 Å². The zero-order valence-corrected chi connectivity index (χ0v) is 20.5. The summed E-state index contributed by atoms with van der Waals surface area (Å²) in [6.45, 7) is 8.87. The smallest absolute Gasteiger partial charge is 0.209 e. The predicted molar refractivity (Wildman–Crippen MR) is 126 cm³/mol. The standard InChI is InChI=1S/C17H31N5O2S2.HI/c1-5-18-16(19-13-17(2,3)21-26(4,23)24)20-14-8-10-22(11-9-14)15-7-6-12-25-15;/h6-7,12,14,21H,5,8-11,13H2,1-4H3,(H2,18,19,20);1H. The Morgan fingerprint density at radius 1 is 1.37 bits per heavy atom. The van der Waals surface area contributed by atoms with Crippen molar-refractivity contribution in [2.75, 3.05) is 37.3 Å². The molecule has 0 saturated carbocycles. The number of guanidine groups is 1. The number of aliphatic imine (C=N–C) groups is 1. The van der Waals surface area contributed by atoms with Gasteiger partial charge in [0.25, 0.3) is 0 Å². The summed E-state index contributed by atoms with van der Waals surface area (Å²) in [5, 5.41) is 10.2. The number of hydrogen-bond donors (Lipinski definition) is 3. The highest BCUT2D eigenvalue weighted by molar-refractivity contribution is 14.0. The predicted octanol–water partition coefficient (Wildman–Crippen LogP) is 2.22. The van der Waals surface area contributed by atoms with Crippen LogP contribution in [0.1, 0.15) is 33.6 Å². The van der Waals surface area contributed by atoms with Crippen LogP contribution in [0.5, 0.6) is 0 Å². The van der Waals surface area contributed by atoms with Gasteiger partial charge in [-0.25, -0.2) is 13.1 Å². The Hall–Kier alpha value is -0.590. The van der Waals surface area contributed by atoms with Gasteiger partial charge in [0.05, 0.1) is 17.8 Å². The Kier molecular flexibility index (Phi) is 9.80. The van der Waals surface area contributed by atoms with E-state index in [-0.39, 0.29) is 24.0 Å². The second-order valence-corrected chi connectivity index (χ2v) is 9.98. The van der Waals surface area contributed by atoms with E-state index in [1.165, 1.54) is 11.3 Å². The summed E-state index contributed by atoms with van der Waals surface area (Å²) < 4.78 is 25.6. The van der Waals surface area contributed by atoms with Gasteiger partial charge in [-0.2, -0.15) is 0 Å². The number of anilines is 1. The summed E-state index contributed by atoms with van der Waals surface area (Å²) in [4.78, 5) is 7.01. The molecule has 10 heteroatoms. The van der Waals surface area contributed by atoms with Crippen molar-refractivity contribution in [1.29, 1.82) is 0 Å². The monoisotopic (exact) mass is 529 g/mol. The highest BCUT2D eigenvalue weighted by Crippen LogP contribution is 2.24. The lowest BCUT2D eigenvalue weighted by molar-refractivity contribution is 0.451. The van der Waals surface area contributed by atoms with Crippen LogP contribution in [-0.2, 0) is 10.0 Å². The van der Waals surface area contributed by atoms with Crippen LogP contribution in [0, 0.1) is 0 Å². The SMILES string of the molecule is CCNC(=NCC(C)(C)NS(C)(=O)=O)NC1CCN(c2cccs2)CC1.I. The van der Waals surface area contributed by atoms with Gasteiger partial charge in [0, 0.05) is 31.2 Å². The van der Waals surface area contributed by atoms with Crippen molar-refractivity contribution in [3.63, 3.8) is 0 Å². The van der Waals surface area contributed by atoms with E-state index in [1.54, 1.807) is 11.3 Å². The molecule has 156 valence electrons. The second-order valence-electron chi connectivity index (χ2n) is 7.31. The topological polar surface area (TPSA) is 85.8 Å². The van der Waals surface area contributed by atoms with Gasteiger partial charge in [-0.15, -0.1) is 35.3 Å². The van der Waals surface area contributed by atoms with Crippen LogP contribution in [-0.4, -0.2) is 58.4 Å². The summed E-state index contributed by atoms with van der Waals surface area (Å²) in [5.74, 6) is 0.741. The number of halogens is 1. The van der Waals surface area contributed by atoms with E-state index >= 15 is 0 Å². The lowest BCUT2D eigenvalue weighted by atomic mass is 10.1. The molecule has 1 aromatic rings. The van der Waals surface area contributed by atoms with Gasteiger partial charge < -0.3 is 15.5 Å². The maximum Gasteiger partial charge on any atom is 0.209 e. The van der Waals surface area contributed by atoms with Crippen molar-refractivity contribution >= 4 is 56.3 Å². The fraction of sp³-hybridized carbons (Fsp3) is 0.706. The fourth-order valence-electron chi connectivity index (χ4n) is 3.02. The van der Waals surface area contributed by atoms with Crippen LogP contribution in [0.25, 0.3) is 0 Å². The molecule has 3 N–H and O–H groups in total. The third kappa shape index (κ3) is 8.97. The first kappa shape index (κ1) is 24.4. The minimum atomic E-state index is -3.26. The largest absolute Gasteiger partial charge is 0.363 e. The number of piperidine rings is 1. The van der Waals surface area contributed by atoms with E-state index in [2.05, 4.69) is 42.8 Å². The molecule has 2 rings (SSSR count). The zero-order valence-electron chi connectivity index (χ0n) is 16.5. The molecule has 0 unspecified atom stereocenters. The van der Waals surface area contributed by atoms with Crippen LogP contribution in [0.4, 0.5) is 5.00 Å². The Morgan fingerprint density at radius 3 is 2.56 bits per heavy atom. The van der Waals surface area contributed by atoms with E-state index in [4.69, 9.17) is 0 Å². The summed E-state index contributed by atoms with van der Waals surface area (Å²) >= 11 is 1.78. The Labute approximate surface area is 184 Å². The van der Waals surface area contributed by atoms with Gasteiger partial charge in [-0.1, -0.05) is 0 Å². The summed E-state index contributed by atoms with van der Waals surface area (Å²) in [7, 11) is -3.26. The molecule has 2 heterocycles. The number of hydrogen-bond acceptors (Lipinski definition) is 5. The first-order valence-corrected chi connectivity index (χ1v) is 11.8. The first-order valence-electron chi connectivity index (χ1n) is 9.01. The van der Waals surface area contributed by atoms with Gasteiger partial charge in [0.2, 0.25) is 10.0 Å². The van der Waals surface area contributed by atoms with E-state index < -0.39 is 15.6 Å². The van der Waals surface area contributed by atoms with Crippen molar-refractivity contribution in [1.82, 2.24) is 15.4 Å². The number of nitrogens with one attached hydrogen (secondary N) is 3. The van der Waals surface area contributed by atoms with Gasteiger partial charge in [0.1, 0.15) is 0 Å². The molecule has 0 aromatic carbocycles. The van der Waals surface area contributed by atoms with E-state index in [0.29, 0.717) is 12.6 Å². The third-order valence-corrected chi connectivity index (χ3v) is 5.94. The molecular formula is C17H32IN5O2S2. The molecule has 1 aliphatic heterocycles. The molecule has 0 spiro atoms. The number of rotatable bonds is 7. The quantitative estimate of drug-likeness (QED) is 0.287. The third-order valence-electron chi connectivity index (χ3n) is 4.09. The normalized spacial score (nSPS) is 16.7. The molecule has 0 atom stereocenters. The Morgan fingerprint density at radius 2 is 2.04 bits per heavy atom. The second kappa shape index (κ2) is 10.8. The molecule has 0 aliphatic carbocycles. The summed E-state index contributed by atoms with van der Waals surface area (Å²) in [5.41, 5.74) is -0.627. The maximum absolute atomic E-state index is 11.5. The molecule has 0 radical (unpaired) electrons. The van der Waals surface area contributed by atoms with Crippen LogP contribution < -0.4 is 20.3 Å². The van der Waals surface area contributed by atoms with Crippen molar-refractivity contribution in [3.05, 3.63) is 17.5 Å². The summed E-state index contributed by atoms with van der Waals surface area (Å²) in [6, 6.07) is 4.63. The van der Waals surface area contributed by atoms with Crippen LogP contribution >= 0.6 is 35.3 Å². The van der Waals surface area contributed by atoms with Crippen LogP contribution in [0.2, 0.25) is 0 Å². The molecule has 1 saturated heterocycles. The fourth-order valence-corrected chi connectivity index (χ4v) is 4.87. The maximum atomic E-state index is 11.5. The van der Waals surface area contributed by atoms with Crippen molar-refractivity contribution in [2.45, 2.75) is 45.2 Å². The molecule has 27 heavy (non-hydrogen) atoms. The van der Waals surface area contributed by atoms with Crippen molar-refractivity contribution < 1.29 is 8.42 Å². The average molecular weight is 530 g/mol. The van der Waals surface area contributed by atoms with E-state index in [9.17, 15) is 8.42 Å². The van der Waals surface area contributed by atoms with Gasteiger partial charge in [-0.3, -0.25) is 4.99 Å². The van der Waals surface area contributed by atoms with Gasteiger partial charge in [-0.05, 0) is 51.1 Å². The number of nitrogens with zero attached hydrogens (tertiary/aromatic N) is 2.